The van der Waals surface area contributed by atoms with Gasteiger partial charge in [0.1, 0.15) is 22.7 Å². The monoisotopic (exact) mass is 334 g/mol. The summed E-state index contributed by atoms with van der Waals surface area (Å²) in [7, 11) is 0. The smallest absolute Gasteiger partial charge is 0.347 e. The molecule has 0 spiro atoms. The molecule has 0 unspecified atom stereocenters. The summed E-state index contributed by atoms with van der Waals surface area (Å²) >= 11 is 0. The van der Waals surface area contributed by atoms with Gasteiger partial charge < -0.3 is 18.6 Å². The number of carbonyl (C=O) groups excluding carboxylic acids is 2. The number of rotatable bonds is 6. The molecule has 0 aliphatic heterocycles. The van der Waals surface area contributed by atoms with Crippen molar-refractivity contribution in [2.75, 3.05) is 6.61 Å². The second kappa shape index (κ2) is 7.38. The summed E-state index contributed by atoms with van der Waals surface area (Å²) in [6.45, 7) is 8.90. The van der Waals surface area contributed by atoms with Crippen LogP contribution in [0.15, 0.2) is 22.6 Å². The highest BCUT2D eigenvalue weighted by molar-refractivity contribution is 6.05. The first-order chi connectivity index (χ1) is 11.3. The third-order valence-electron chi connectivity index (χ3n) is 3.31. The van der Waals surface area contributed by atoms with Crippen molar-refractivity contribution in [3.8, 4) is 5.75 Å². The van der Waals surface area contributed by atoms with Gasteiger partial charge in [-0.05, 0) is 52.8 Å². The standard InChI is InChI=1S/C18H22O6/c1-6-21-17(19)12(5)23-13-7-8-15-14(9-13)16(11(4)24-15)18(20)22-10(2)3/h7-10,12H,6H2,1-5H3/t12-/m0/s1. The molecule has 1 atom stereocenters. The number of ether oxygens (including phenoxy) is 3. The van der Waals surface area contributed by atoms with E-state index >= 15 is 0 Å². The molecular weight excluding hydrogens is 312 g/mol. The fourth-order valence-corrected chi connectivity index (χ4v) is 2.31. The highest BCUT2D eigenvalue weighted by Gasteiger charge is 2.22. The van der Waals surface area contributed by atoms with Crippen LogP contribution in [-0.2, 0) is 14.3 Å². The molecule has 0 fully saturated rings. The van der Waals surface area contributed by atoms with Crippen molar-refractivity contribution in [2.45, 2.75) is 46.8 Å². The lowest BCUT2D eigenvalue weighted by Crippen LogP contribution is -2.26. The molecule has 0 N–H and O–H groups in total. The largest absolute Gasteiger partial charge is 0.479 e. The molecule has 0 saturated heterocycles. The number of aryl methyl sites for hydroxylation is 1. The maximum absolute atomic E-state index is 12.3. The molecule has 1 aromatic heterocycles. The van der Waals surface area contributed by atoms with Gasteiger partial charge in [-0.2, -0.15) is 0 Å². The van der Waals surface area contributed by atoms with E-state index < -0.39 is 18.0 Å². The number of hydrogen-bond donors (Lipinski definition) is 0. The summed E-state index contributed by atoms with van der Waals surface area (Å²) in [6, 6.07) is 5.04. The van der Waals surface area contributed by atoms with Gasteiger partial charge in [-0.3, -0.25) is 0 Å². The van der Waals surface area contributed by atoms with Crippen LogP contribution in [0, 0.1) is 6.92 Å². The number of benzene rings is 1. The van der Waals surface area contributed by atoms with Gasteiger partial charge in [0.2, 0.25) is 0 Å². The van der Waals surface area contributed by atoms with Crippen LogP contribution in [0.2, 0.25) is 0 Å². The second-order valence-corrected chi connectivity index (χ2v) is 5.66. The Morgan fingerprint density at radius 3 is 2.54 bits per heavy atom. The van der Waals surface area contributed by atoms with Crippen LogP contribution in [0.4, 0.5) is 0 Å². The first kappa shape index (κ1) is 17.8. The minimum absolute atomic E-state index is 0.231. The number of esters is 2. The van der Waals surface area contributed by atoms with E-state index in [4.69, 9.17) is 18.6 Å². The van der Waals surface area contributed by atoms with Crippen molar-refractivity contribution in [3.63, 3.8) is 0 Å². The lowest BCUT2D eigenvalue weighted by atomic mass is 10.1. The third-order valence-corrected chi connectivity index (χ3v) is 3.31. The van der Waals surface area contributed by atoms with Crippen molar-refractivity contribution in [1.29, 1.82) is 0 Å². The highest BCUT2D eigenvalue weighted by Crippen LogP contribution is 2.30. The van der Waals surface area contributed by atoms with E-state index in [-0.39, 0.29) is 12.7 Å². The van der Waals surface area contributed by atoms with Gasteiger partial charge >= 0.3 is 11.9 Å². The van der Waals surface area contributed by atoms with Crippen molar-refractivity contribution >= 4 is 22.9 Å². The summed E-state index contributed by atoms with van der Waals surface area (Å²) in [5.74, 6) is 0.0333. The fourth-order valence-electron chi connectivity index (χ4n) is 2.31. The van der Waals surface area contributed by atoms with Crippen molar-refractivity contribution in [1.82, 2.24) is 0 Å². The number of carbonyl (C=O) groups is 2. The van der Waals surface area contributed by atoms with E-state index in [1.54, 1.807) is 52.8 Å². The quantitative estimate of drug-likeness (QED) is 0.751. The predicted octanol–water partition coefficient (Wildman–Crippen LogP) is 3.64. The maximum atomic E-state index is 12.3. The molecule has 2 aromatic rings. The van der Waals surface area contributed by atoms with E-state index in [0.29, 0.717) is 28.0 Å². The molecule has 1 heterocycles. The van der Waals surface area contributed by atoms with Gasteiger partial charge in [0.05, 0.1) is 12.7 Å². The molecule has 24 heavy (non-hydrogen) atoms. The molecule has 6 nitrogen and oxygen atoms in total. The van der Waals surface area contributed by atoms with Crippen molar-refractivity contribution in [2.24, 2.45) is 0 Å². The van der Waals surface area contributed by atoms with E-state index in [1.165, 1.54) is 0 Å². The minimum Gasteiger partial charge on any atom is -0.479 e. The molecule has 2 rings (SSSR count). The third kappa shape index (κ3) is 3.88. The van der Waals surface area contributed by atoms with Crippen LogP contribution in [0.1, 0.15) is 43.8 Å². The van der Waals surface area contributed by atoms with E-state index in [0.717, 1.165) is 0 Å². The summed E-state index contributed by atoms with van der Waals surface area (Å²) in [6.07, 6.45) is -0.980. The molecule has 0 bridgehead atoms. The Kier molecular flexibility index (Phi) is 5.49. The average molecular weight is 334 g/mol. The number of hydrogen-bond acceptors (Lipinski definition) is 6. The lowest BCUT2D eigenvalue weighted by Gasteiger charge is -2.13. The van der Waals surface area contributed by atoms with Crippen LogP contribution in [-0.4, -0.2) is 30.8 Å². The summed E-state index contributed by atoms with van der Waals surface area (Å²) < 4.78 is 21.4. The molecular formula is C18H22O6. The van der Waals surface area contributed by atoms with E-state index in [9.17, 15) is 9.59 Å². The van der Waals surface area contributed by atoms with Crippen LogP contribution < -0.4 is 4.74 Å². The minimum atomic E-state index is -0.749. The van der Waals surface area contributed by atoms with Gasteiger partial charge in [-0.1, -0.05) is 0 Å². The van der Waals surface area contributed by atoms with Crippen LogP contribution >= 0.6 is 0 Å². The molecule has 130 valence electrons. The normalized spacial score (nSPS) is 12.2. The molecule has 1 aromatic carbocycles. The molecule has 6 heteroatoms. The second-order valence-electron chi connectivity index (χ2n) is 5.66. The SMILES string of the molecule is CCOC(=O)[C@H](C)Oc1ccc2oc(C)c(C(=O)OC(C)C)c2c1. The van der Waals surface area contributed by atoms with E-state index in [1.807, 2.05) is 0 Å². The summed E-state index contributed by atoms with van der Waals surface area (Å²) in [5.41, 5.74) is 0.923. The lowest BCUT2D eigenvalue weighted by molar-refractivity contribution is -0.150. The summed E-state index contributed by atoms with van der Waals surface area (Å²) in [5, 5.41) is 0.590. The Labute approximate surface area is 140 Å². The Balaban J connectivity index is 2.32. The Morgan fingerprint density at radius 1 is 1.21 bits per heavy atom. The van der Waals surface area contributed by atoms with Gasteiger partial charge in [0, 0.05) is 5.39 Å². The van der Waals surface area contributed by atoms with Crippen LogP contribution in [0.5, 0.6) is 5.75 Å². The predicted molar refractivity (Wildman–Crippen MR) is 88.2 cm³/mol. The van der Waals surface area contributed by atoms with Gasteiger partial charge in [0.15, 0.2) is 6.10 Å². The Hall–Kier alpha value is -2.50. The van der Waals surface area contributed by atoms with Crippen molar-refractivity contribution < 1.29 is 28.2 Å². The molecule has 0 aliphatic carbocycles. The van der Waals surface area contributed by atoms with Gasteiger partial charge in [-0.15, -0.1) is 0 Å². The van der Waals surface area contributed by atoms with E-state index in [2.05, 4.69) is 0 Å². The maximum Gasteiger partial charge on any atom is 0.347 e. The number of furan rings is 1. The average Bonchev–Trinajstić information content (AvgIpc) is 2.82. The first-order valence-corrected chi connectivity index (χ1v) is 7.90. The molecule has 0 amide bonds. The first-order valence-electron chi connectivity index (χ1n) is 7.90. The molecule has 0 aliphatic rings. The topological polar surface area (TPSA) is 75.0 Å². The number of fused-ring (bicyclic) bond motifs is 1. The summed E-state index contributed by atoms with van der Waals surface area (Å²) in [4.78, 5) is 24.0. The van der Waals surface area contributed by atoms with Gasteiger partial charge in [-0.25, -0.2) is 9.59 Å². The zero-order valence-corrected chi connectivity index (χ0v) is 14.5. The zero-order valence-electron chi connectivity index (χ0n) is 14.5. The molecule has 0 saturated carbocycles. The van der Waals surface area contributed by atoms with Crippen LogP contribution in [0.25, 0.3) is 11.0 Å². The highest BCUT2D eigenvalue weighted by atomic mass is 16.6. The fraction of sp³-hybridized carbons (Fsp3) is 0.444. The van der Waals surface area contributed by atoms with Crippen molar-refractivity contribution in [3.05, 3.63) is 29.5 Å². The van der Waals surface area contributed by atoms with Gasteiger partial charge in [0.25, 0.3) is 0 Å². The zero-order chi connectivity index (χ0) is 17.9. The Bertz CT molecular complexity index is 743. The van der Waals surface area contributed by atoms with Crippen LogP contribution in [0.3, 0.4) is 0 Å². The molecule has 0 radical (unpaired) electrons. The Morgan fingerprint density at radius 2 is 1.92 bits per heavy atom.